The average molecular weight is 140 g/mol. The summed E-state index contributed by atoms with van der Waals surface area (Å²) in [4.78, 5) is 0. The Morgan fingerprint density at radius 1 is 1.40 bits per heavy atom. The van der Waals surface area contributed by atoms with Crippen molar-refractivity contribution in [3.05, 3.63) is 23.8 Å². The SMILES string of the molecule is C=C(C)COCC=C(C)C. The Morgan fingerprint density at radius 3 is 2.40 bits per heavy atom. The van der Waals surface area contributed by atoms with Gasteiger partial charge < -0.3 is 4.74 Å². The van der Waals surface area contributed by atoms with E-state index in [0.29, 0.717) is 13.2 Å². The first-order valence-electron chi connectivity index (χ1n) is 3.48. The molecule has 0 aliphatic rings. The Hall–Kier alpha value is -0.560. The second-order valence-electron chi connectivity index (χ2n) is 2.75. The molecule has 0 heterocycles. The molecule has 0 rings (SSSR count). The molecule has 0 aromatic carbocycles. The molecule has 0 radical (unpaired) electrons. The lowest BCUT2D eigenvalue weighted by molar-refractivity contribution is 0.186. The number of ether oxygens (including phenoxy) is 1. The van der Waals surface area contributed by atoms with E-state index < -0.39 is 0 Å². The van der Waals surface area contributed by atoms with E-state index in [9.17, 15) is 0 Å². The zero-order valence-electron chi connectivity index (χ0n) is 7.11. The predicted octanol–water partition coefficient (Wildman–Crippen LogP) is 2.55. The van der Waals surface area contributed by atoms with Crippen molar-refractivity contribution in [3.63, 3.8) is 0 Å². The third-order valence-electron chi connectivity index (χ3n) is 0.958. The van der Waals surface area contributed by atoms with Crippen LogP contribution in [0.25, 0.3) is 0 Å². The first kappa shape index (κ1) is 9.44. The van der Waals surface area contributed by atoms with Gasteiger partial charge in [0.15, 0.2) is 0 Å². The molecule has 58 valence electrons. The van der Waals surface area contributed by atoms with Crippen molar-refractivity contribution >= 4 is 0 Å². The van der Waals surface area contributed by atoms with Crippen LogP contribution >= 0.6 is 0 Å². The molecule has 0 N–H and O–H groups in total. The van der Waals surface area contributed by atoms with Crippen molar-refractivity contribution < 1.29 is 4.74 Å². The Labute approximate surface area is 63.4 Å². The number of hydrogen-bond acceptors (Lipinski definition) is 1. The number of allylic oxidation sites excluding steroid dienone is 1. The summed E-state index contributed by atoms with van der Waals surface area (Å²) in [5.74, 6) is 0. The molecule has 0 saturated heterocycles. The maximum Gasteiger partial charge on any atom is 0.0675 e. The molecule has 1 nitrogen and oxygen atoms in total. The fourth-order valence-electron chi connectivity index (χ4n) is 0.459. The minimum absolute atomic E-state index is 0.670. The van der Waals surface area contributed by atoms with E-state index >= 15 is 0 Å². The molecule has 0 fully saturated rings. The number of rotatable bonds is 4. The van der Waals surface area contributed by atoms with E-state index in [1.165, 1.54) is 5.57 Å². The smallest absolute Gasteiger partial charge is 0.0675 e. The van der Waals surface area contributed by atoms with Gasteiger partial charge in [0, 0.05) is 0 Å². The van der Waals surface area contributed by atoms with Crippen LogP contribution in [0.1, 0.15) is 20.8 Å². The van der Waals surface area contributed by atoms with E-state index in [1.54, 1.807) is 0 Å². The predicted molar refractivity (Wildman–Crippen MR) is 45.1 cm³/mol. The van der Waals surface area contributed by atoms with Crippen LogP contribution in [0.15, 0.2) is 23.8 Å². The van der Waals surface area contributed by atoms with E-state index in [2.05, 4.69) is 26.5 Å². The van der Waals surface area contributed by atoms with Crippen molar-refractivity contribution in [1.82, 2.24) is 0 Å². The second kappa shape index (κ2) is 5.24. The lowest BCUT2D eigenvalue weighted by Crippen LogP contribution is -1.94. The molecule has 0 saturated carbocycles. The van der Waals surface area contributed by atoms with Crippen LogP contribution in [0, 0.1) is 0 Å². The molecule has 1 heteroatoms. The summed E-state index contributed by atoms with van der Waals surface area (Å²) >= 11 is 0. The highest BCUT2D eigenvalue weighted by Gasteiger charge is 1.83. The molecule has 0 spiro atoms. The van der Waals surface area contributed by atoms with Crippen LogP contribution in [0.4, 0.5) is 0 Å². The lowest BCUT2D eigenvalue weighted by Gasteiger charge is -1.98. The minimum Gasteiger partial charge on any atom is -0.373 e. The topological polar surface area (TPSA) is 9.23 Å². The van der Waals surface area contributed by atoms with Crippen LogP contribution in [0.2, 0.25) is 0 Å². The van der Waals surface area contributed by atoms with Gasteiger partial charge in [-0.1, -0.05) is 23.8 Å². The Bertz CT molecular complexity index is 130. The Morgan fingerprint density at radius 2 is 2.00 bits per heavy atom. The van der Waals surface area contributed by atoms with Crippen LogP contribution in [-0.4, -0.2) is 13.2 Å². The third kappa shape index (κ3) is 7.44. The fraction of sp³-hybridized carbons (Fsp3) is 0.556. The molecular weight excluding hydrogens is 124 g/mol. The second-order valence-corrected chi connectivity index (χ2v) is 2.75. The number of hydrogen-bond donors (Lipinski definition) is 0. The van der Waals surface area contributed by atoms with Gasteiger partial charge in [0.2, 0.25) is 0 Å². The van der Waals surface area contributed by atoms with Crippen molar-refractivity contribution in [2.45, 2.75) is 20.8 Å². The zero-order chi connectivity index (χ0) is 7.98. The van der Waals surface area contributed by atoms with Crippen LogP contribution in [0.3, 0.4) is 0 Å². The molecular formula is C9H16O. The van der Waals surface area contributed by atoms with Gasteiger partial charge in [0.05, 0.1) is 13.2 Å². The summed E-state index contributed by atoms with van der Waals surface area (Å²) in [6.07, 6.45) is 2.06. The standard InChI is InChI=1S/C9H16O/c1-8(2)5-6-10-7-9(3)4/h5H,3,6-7H2,1-2,4H3. The van der Waals surface area contributed by atoms with Gasteiger partial charge >= 0.3 is 0 Å². The van der Waals surface area contributed by atoms with Crippen molar-refractivity contribution in [3.8, 4) is 0 Å². The summed E-state index contributed by atoms with van der Waals surface area (Å²) in [7, 11) is 0. The quantitative estimate of drug-likeness (QED) is 0.430. The lowest BCUT2D eigenvalue weighted by atomic mass is 10.3. The molecule has 10 heavy (non-hydrogen) atoms. The van der Waals surface area contributed by atoms with Crippen molar-refractivity contribution in [1.29, 1.82) is 0 Å². The molecule has 0 amide bonds. The van der Waals surface area contributed by atoms with Gasteiger partial charge in [-0.25, -0.2) is 0 Å². The van der Waals surface area contributed by atoms with Crippen molar-refractivity contribution in [2.24, 2.45) is 0 Å². The Kier molecular flexibility index (Phi) is 4.95. The van der Waals surface area contributed by atoms with E-state index in [4.69, 9.17) is 4.74 Å². The monoisotopic (exact) mass is 140 g/mol. The summed E-state index contributed by atoms with van der Waals surface area (Å²) in [6, 6.07) is 0. The molecule has 0 bridgehead atoms. The minimum atomic E-state index is 0.670. The van der Waals surface area contributed by atoms with Gasteiger partial charge in [-0.15, -0.1) is 0 Å². The van der Waals surface area contributed by atoms with E-state index in [0.717, 1.165) is 5.57 Å². The van der Waals surface area contributed by atoms with Gasteiger partial charge in [-0.3, -0.25) is 0 Å². The highest BCUT2D eigenvalue weighted by molar-refractivity contribution is 4.94. The molecule has 0 atom stereocenters. The molecule has 0 aliphatic heterocycles. The fourth-order valence-corrected chi connectivity index (χ4v) is 0.459. The zero-order valence-corrected chi connectivity index (χ0v) is 7.11. The maximum absolute atomic E-state index is 5.23. The van der Waals surface area contributed by atoms with E-state index in [1.807, 2.05) is 6.92 Å². The Balaban J connectivity index is 3.21. The van der Waals surface area contributed by atoms with Gasteiger partial charge in [0.25, 0.3) is 0 Å². The highest BCUT2D eigenvalue weighted by atomic mass is 16.5. The maximum atomic E-state index is 5.23. The molecule has 0 aliphatic carbocycles. The summed E-state index contributed by atoms with van der Waals surface area (Å²) in [5, 5.41) is 0. The largest absolute Gasteiger partial charge is 0.373 e. The summed E-state index contributed by atoms with van der Waals surface area (Å²) < 4.78 is 5.23. The normalized spacial score (nSPS) is 9.10. The van der Waals surface area contributed by atoms with Gasteiger partial charge in [0.1, 0.15) is 0 Å². The van der Waals surface area contributed by atoms with Crippen molar-refractivity contribution in [2.75, 3.05) is 13.2 Å². The van der Waals surface area contributed by atoms with Gasteiger partial charge in [-0.05, 0) is 20.8 Å². The van der Waals surface area contributed by atoms with Crippen LogP contribution in [-0.2, 0) is 4.74 Å². The van der Waals surface area contributed by atoms with Gasteiger partial charge in [-0.2, -0.15) is 0 Å². The third-order valence-corrected chi connectivity index (χ3v) is 0.958. The van der Waals surface area contributed by atoms with Crippen LogP contribution in [0.5, 0.6) is 0 Å². The average Bonchev–Trinajstić information content (AvgIpc) is 1.79. The highest BCUT2D eigenvalue weighted by Crippen LogP contribution is 1.91. The first-order valence-corrected chi connectivity index (χ1v) is 3.48. The first-order chi connectivity index (χ1) is 4.63. The molecule has 0 aromatic heterocycles. The summed E-state index contributed by atoms with van der Waals surface area (Å²) in [6.45, 7) is 11.2. The molecule has 0 unspecified atom stereocenters. The van der Waals surface area contributed by atoms with Crippen LogP contribution < -0.4 is 0 Å². The molecule has 0 aromatic rings. The van der Waals surface area contributed by atoms with E-state index in [-0.39, 0.29) is 0 Å². The summed E-state index contributed by atoms with van der Waals surface area (Å²) in [5.41, 5.74) is 2.36.